The van der Waals surface area contributed by atoms with Crippen molar-refractivity contribution in [1.29, 1.82) is 0 Å². The first-order chi connectivity index (χ1) is 11.5. The van der Waals surface area contributed by atoms with Crippen LogP contribution in [0.4, 0.5) is 5.69 Å². The third-order valence-corrected chi connectivity index (χ3v) is 5.03. The molecule has 0 N–H and O–H groups in total. The van der Waals surface area contributed by atoms with Gasteiger partial charge in [-0.05, 0) is 38.3 Å². The molecular formula is C18H21NO4S. The highest BCUT2D eigenvalue weighted by molar-refractivity contribution is 7.17. The van der Waals surface area contributed by atoms with Gasteiger partial charge in [0.2, 0.25) is 0 Å². The molecule has 0 saturated carbocycles. The zero-order valence-electron chi connectivity index (χ0n) is 14.3. The summed E-state index contributed by atoms with van der Waals surface area (Å²) in [4.78, 5) is 24.4. The first kappa shape index (κ1) is 18.1. The van der Waals surface area contributed by atoms with Gasteiger partial charge in [-0.15, -0.1) is 11.3 Å². The molecule has 0 atom stereocenters. The van der Waals surface area contributed by atoms with E-state index in [-0.39, 0.29) is 16.6 Å². The molecule has 24 heavy (non-hydrogen) atoms. The number of carbonyl (C=O) groups is 1. The summed E-state index contributed by atoms with van der Waals surface area (Å²) in [5.41, 5.74) is 3.59. The number of aryl methyl sites for hydroxylation is 2. The molecule has 3 rings (SSSR count). The van der Waals surface area contributed by atoms with Crippen LogP contribution < -0.4 is 0 Å². The zero-order valence-corrected chi connectivity index (χ0v) is 15.2. The van der Waals surface area contributed by atoms with Gasteiger partial charge in [-0.3, -0.25) is 10.1 Å². The minimum absolute atomic E-state index is 0.203. The Hall–Kier alpha value is -2.21. The molecule has 0 radical (unpaired) electrons. The molecule has 128 valence electrons. The molecule has 0 fully saturated rings. The van der Waals surface area contributed by atoms with Crippen LogP contribution in [0.1, 0.15) is 47.1 Å². The van der Waals surface area contributed by atoms with Crippen LogP contribution in [0.15, 0.2) is 18.2 Å². The van der Waals surface area contributed by atoms with Crippen LogP contribution in [0.25, 0.3) is 10.4 Å². The maximum absolute atomic E-state index is 11.9. The summed E-state index contributed by atoms with van der Waals surface area (Å²) in [6, 6.07) is 5.55. The average Bonchev–Trinajstić information content (AvgIpc) is 3.00. The molecule has 0 bridgehead atoms. The summed E-state index contributed by atoms with van der Waals surface area (Å²) in [6.07, 6.45) is 1.34. The van der Waals surface area contributed by atoms with Gasteiger partial charge in [0.25, 0.3) is 5.69 Å². The molecule has 2 aromatic rings. The Bertz CT molecular complexity index is 780. The van der Waals surface area contributed by atoms with E-state index in [1.165, 1.54) is 11.3 Å². The fourth-order valence-corrected chi connectivity index (χ4v) is 4.03. The smallest absolute Gasteiger partial charge is 0.348 e. The Labute approximate surface area is 145 Å². The molecule has 0 amide bonds. The van der Waals surface area contributed by atoms with Crippen LogP contribution in [0.5, 0.6) is 0 Å². The highest BCUT2D eigenvalue weighted by atomic mass is 32.1. The number of ether oxygens (including phenoxy) is 1. The first-order valence-corrected chi connectivity index (χ1v) is 8.91. The van der Waals surface area contributed by atoms with Gasteiger partial charge in [0.05, 0.1) is 11.5 Å². The van der Waals surface area contributed by atoms with E-state index in [1.807, 2.05) is 26.0 Å². The van der Waals surface area contributed by atoms with Gasteiger partial charge in [-0.2, -0.15) is 0 Å². The van der Waals surface area contributed by atoms with Gasteiger partial charge in [0, 0.05) is 21.6 Å². The van der Waals surface area contributed by atoms with Crippen LogP contribution in [-0.4, -0.2) is 17.5 Å². The van der Waals surface area contributed by atoms with Gasteiger partial charge >= 0.3 is 5.97 Å². The number of rotatable bonds is 3. The summed E-state index contributed by atoms with van der Waals surface area (Å²) >= 11 is 1.36. The van der Waals surface area contributed by atoms with Crippen molar-refractivity contribution in [3.63, 3.8) is 0 Å². The molecule has 5 nitrogen and oxygen atoms in total. The lowest BCUT2D eigenvalue weighted by Gasteiger charge is -2.16. The molecule has 0 unspecified atom stereocenters. The second-order valence-corrected chi connectivity index (χ2v) is 6.25. The van der Waals surface area contributed by atoms with Crippen molar-refractivity contribution in [3.05, 3.63) is 49.9 Å². The molecule has 1 aliphatic carbocycles. The van der Waals surface area contributed by atoms with E-state index in [4.69, 9.17) is 4.74 Å². The minimum Gasteiger partial charge on any atom is -0.462 e. The molecule has 0 saturated heterocycles. The Morgan fingerprint density at radius 2 is 2.04 bits per heavy atom. The quantitative estimate of drug-likeness (QED) is 0.448. The summed E-state index contributed by atoms with van der Waals surface area (Å²) in [5, 5.41) is 11.3. The van der Waals surface area contributed by atoms with E-state index in [2.05, 4.69) is 0 Å². The first-order valence-electron chi connectivity index (χ1n) is 8.10. The number of hydrogen-bond donors (Lipinski definition) is 0. The number of nitro benzene ring substituents is 1. The Morgan fingerprint density at radius 3 is 2.67 bits per heavy atom. The number of fused-ring (bicyclic) bond motifs is 3. The number of esters is 1. The molecule has 1 heterocycles. The van der Waals surface area contributed by atoms with Crippen LogP contribution in [0.3, 0.4) is 0 Å². The van der Waals surface area contributed by atoms with E-state index < -0.39 is 0 Å². The third kappa shape index (κ3) is 3.19. The van der Waals surface area contributed by atoms with Gasteiger partial charge in [-0.1, -0.05) is 26.0 Å². The summed E-state index contributed by atoms with van der Waals surface area (Å²) in [5.74, 6) is -0.329. The van der Waals surface area contributed by atoms with Crippen LogP contribution in [-0.2, 0) is 17.6 Å². The zero-order chi connectivity index (χ0) is 17.9. The van der Waals surface area contributed by atoms with E-state index in [0.717, 1.165) is 21.6 Å². The van der Waals surface area contributed by atoms with Crippen LogP contribution in [0.2, 0.25) is 0 Å². The maximum Gasteiger partial charge on any atom is 0.348 e. The summed E-state index contributed by atoms with van der Waals surface area (Å²) in [6.45, 7) is 7.86. The number of thiophene rings is 1. The SMILES string of the molecule is CC.CCOC(=O)c1cc2c(s1)-c1ccc(C)c([N+](=O)[O-])c1CC2. The van der Waals surface area contributed by atoms with Crippen LogP contribution in [0, 0.1) is 17.0 Å². The maximum atomic E-state index is 11.9. The lowest BCUT2D eigenvalue weighted by Crippen LogP contribution is -2.06. The Morgan fingerprint density at radius 1 is 1.33 bits per heavy atom. The topological polar surface area (TPSA) is 69.4 Å². The largest absolute Gasteiger partial charge is 0.462 e. The van der Waals surface area contributed by atoms with Crippen molar-refractivity contribution in [2.24, 2.45) is 0 Å². The fourth-order valence-electron chi connectivity index (χ4n) is 2.88. The fraction of sp³-hybridized carbons (Fsp3) is 0.389. The predicted octanol–water partition coefficient (Wildman–Crippen LogP) is 4.93. The second kappa shape index (κ2) is 7.57. The van der Waals surface area contributed by atoms with Crippen molar-refractivity contribution >= 4 is 23.0 Å². The number of benzene rings is 1. The van der Waals surface area contributed by atoms with Crippen molar-refractivity contribution in [3.8, 4) is 10.4 Å². The Kier molecular flexibility index (Phi) is 5.72. The standard InChI is InChI=1S/C16H15NO4S.C2H6/c1-3-21-16(18)13-8-10-5-7-11-12(15(10)22-13)6-4-9(2)14(11)17(19)20;1-2/h4,6,8H,3,5,7H2,1-2H3;1-2H3. The molecule has 0 spiro atoms. The molecule has 6 heteroatoms. The van der Waals surface area contributed by atoms with Crippen molar-refractivity contribution in [2.75, 3.05) is 6.61 Å². The Balaban J connectivity index is 0.00000100. The molecule has 1 aromatic carbocycles. The normalized spacial score (nSPS) is 11.7. The van der Waals surface area contributed by atoms with Crippen molar-refractivity contribution in [1.82, 2.24) is 0 Å². The highest BCUT2D eigenvalue weighted by Gasteiger charge is 2.28. The van der Waals surface area contributed by atoms with Crippen molar-refractivity contribution < 1.29 is 14.5 Å². The lowest BCUT2D eigenvalue weighted by molar-refractivity contribution is -0.386. The van der Waals surface area contributed by atoms with Crippen LogP contribution >= 0.6 is 11.3 Å². The van der Waals surface area contributed by atoms with E-state index >= 15 is 0 Å². The number of carbonyl (C=O) groups excluding carboxylic acids is 1. The second-order valence-electron chi connectivity index (χ2n) is 5.20. The molecule has 1 aromatic heterocycles. The molecule has 1 aliphatic rings. The summed E-state index contributed by atoms with van der Waals surface area (Å²) in [7, 11) is 0. The number of nitro groups is 1. The van der Waals surface area contributed by atoms with Gasteiger partial charge in [-0.25, -0.2) is 4.79 Å². The van der Waals surface area contributed by atoms with Gasteiger partial charge < -0.3 is 4.74 Å². The van der Waals surface area contributed by atoms with E-state index in [9.17, 15) is 14.9 Å². The number of nitrogens with zero attached hydrogens (tertiary/aromatic N) is 1. The minimum atomic E-state index is -0.329. The molecule has 0 aliphatic heterocycles. The summed E-state index contributed by atoms with van der Waals surface area (Å²) < 4.78 is 5.04. The molecular weight excluding hydrogens is 326 g/mol. The van der Waals surface area contributed by atoms with E-state index in [1.54, 1.807) is 19.9 Å². The average molecular weight is 347 g/mol. The monoisotopic (exact) mass is 347 g/mol. The van der Waals surface area contributed by atoms with Crippen molar-refractivity contribution in [2.45, 2.75) is 40.5 Å². The predicted molar refractivity (Wildman–Crippen MR) is 95.9 cm³/mol. The van der Waals surface area contributed by atoms with E-state index in [0.29, 0.717) is 29.9 Å². The lowest BCUT2D eigenvalue weighted by atomic mass is 9.88. The number of hydrogen-bond acceptors (Lipinski definition) is 5. The highest BCUT2D eigenvalue weighted by Crippen LogP contribution is 2.43. The third-order valence-electron chi connectivity index (χ3n) is 3.84. The van der Waals surface area contributed by atoms with Gasteiger partial charge in [0.15, 0.2) is 0 Å². The van der Waals surface area contributed by atoms with Gasteiger partial charge in [0.1, 0.15) is 4.88 Å².